The largest absolute Gasteiger partial charge is 0.506 e. The molecule has 0 spiro atoms. The maximum Gasteiger partial charge on any atom is 0.267 e. The first kappa shape index (κ1) is 19.6. The number of hydrogen-bond acceptors (Lipinski definition) is 3. The number of aromatic nitrogens is 1. The number of benzene rings is 2. The Bertz CT molecular complexity index is 1040. The van der Waals surface area contributed by atoms with Crippen molar-refractivity contribution in [3.63, 3.8) is 0 Å². The number of hydrogen-bond donors (Lipinski definition) is 2. The molecular weight excluding hydrogens is 359 g/mol. The first-order valence-corrected chi connectivity index (χ1v) is 9.44. The number of carbonyl (C=O) groups excluding carboxylic acids is 1. The summed E-state index contributed by atoms with van der Waals surface area (Å²) in [5, 5.41) is 13.6. The number of aryl methyl sites for hydroxylation is 1. The van der Waals surface area contributed by atoms with Crippen molar-refractivity contribution in [3.05, 3.63) is 70.3 Å². The highest BCUT2D eigenvalue weighted by Crippen LogP contribution is 2.27. The Morgan fingerprint density at radius 1 is 1.07 bits per heavy atom. The molecule has 1 aromatic heterocycles. The number of unbranched alkanes of at least 4 members (excludes halogenated alkanes) is 3. The second-order valence-corrected chi connectivity index (χ2v) is 6.72. The molecule has 1 heterocycles. The predicted octanol–water partition coefficient (Wildman–Crippen LogP) is 4.68. The van der Waals surface area contributed by atoms with Gasteiger partial charge in [0, 0.05) is 17.6 Å². The third-order valence-corrected chi connectivity index (χ3v) is 4.71. The molecule has 0 fully saturated rings. The van der Waals surface area contributed by atoms with Gasteiger partial charge in [-0.05, 0) is 42.8 Å². The number of fused-ring (bicyclic) bond motifs is 1. The van der Waals surface area contributed by atoms with Gasteiger partial charge in [-0.25, -0.2) is 4.39 Å². The summed E-state index contributed by atoms with van der Waals surface area (Å²) in [5.74, 6) is -1.49. The fraction of sp³-hybridized carbons (Fsp3) is 0.273. The van der Waals surface area contributed by atoms with E-state index in [1.165, 1.54) is 24.3 Å². The topological polar surface area (TPSA) is 71.3 Å². The minimum atomic E-state index is -0.720. The van der Waals surface area contributed by atoms with E-state index in [9.17, 15) is 19.1 Å². The fourth-order valence-corrected chi connectivity index (χ4v) is 3.24. The summed E-state index contributed by atoms with van der Waals surface area (Å²) >= 11 is 0. The Kier molecular flexibility index (Phi) is 6.09. The third kappa shape index (κ3) is 4.06. The van der Waals surface area contributed by atoms with Crippen molar-refractivity contribution < 1.29 is 14.3 Å². The Labute approximate surface area is 162 Å². The fourth-order valence-electron chi connectivity index (χ4n) is 3.24. The molecule has 0 saturated heterocycles. The molecule has 0 radical (unpaired) electrons. The Hall–Kier alpha value is -3.15. The van der Waals surface area contributed by atoms with Gasteiger partial charge in [0.2, 0.25) is 0 Å². The zero-order valence-electron chi connectivity index (χ0n) is 15.7. The molecule has 0 aliphatic carbocycles. The van der Waals surface area contributed by atoms with Gasteiger partial charge in [0.05, 0.1) is 5.52 Å². The number of nitrogens with one attached hydrogen (secondary N) is 1. The van der Waals surface area contributed by atoms with Gasteiger partial charge < -0.3 is 15.0 Å². The third-order valence-electron chi connectivity index (χ3n) is 4.71. The van der Waals surface area contributed by atoms with E-state index < -0.39 is 17.3 Å². The van der Waals surface area contributed by atoms with Gasteiger partial charge in [-0.2, -0.15) is 0 Å². The van der Waals surface area contributed by atoms with Gasteiger partial charge in [-0.3, -0.25) is 9.59 Å². The van der Waals surface area contributed by atoms with Crippen molar-refractivity contribution in [3.8, 4) is 5.75 Å². The molecule has 0 aliphatic heterocycles. The van der Waals surface area contributed by atoms with Crippen LogP contribution in [-0.2, 0) is 6.54 Å². The van der Waals surface area contributed by atoms with Crippen molar-refractivity contribution in [2.75, 3.05) is 5.32 Å². The minimum absolute atomic E-state index is 0.307. The number of aromatic hydroxyl groups is 1. The van der Waals surface area contributed by atoms with Gasteiger partial charge >= 0.3 is 0 Å². The molecule has 6 heteroatoms. The lowest BCUT2D eigenvalue weighted by molar-refractivity contribution is 0.102. The summed E-state index contributed by atoms with van der Waals surface area (Å²) < 4.78 is 14.6. The Morgan fingerprint density at radius 2 is 1.79 bits per heavy atom. The number of halogens is 1. The Balaban J connectivity index is 2.02. The van der Waals surface area contributed by atoms with Crippen LogP contribution in [0.2, 0.25) is 0 Å². The lowest BCUT2D eigenvalue weighted by Crippen LogP contribution is -2.30. The quantitative estimate of drug-likeness (QED) is 0.583. The summed E-state index contributed by atoms with van der Waals surface area (Å²) in [6.07, 6.45) is 3.94. The molecule has 28 heavy (non-hydrogen) atoms. The maximum absolute atomic E-state index is 13.1. The van der Waals surface area contributed by atoms with E-state index in [0.29, 0.717) is 23.1 Å². The van der Waals surface area contributed by atoms with Crippen molar-refractivity contribution >= 4 is 22.5 Å². The summed E-state index contributed by atoms with van der Waals surface area (Å²) in [4.78, 5) is 25.8. The highest BCUT2D eigenvalue weighted by molar-refractivity contribution is 6.09. The number of amides is 1. The molecule has 3 rings (SSSR count). The molecule has 0 saturated carbocycles. The molecule has 0 atom stereocenters. The van der Waals surface area contributed by atoms with Crippen molar-refractivity contribution in [2.45, 2.75) is 39.2 Å². The molecule has 1 amide bonds. The molecule has 2 N–H and O–H groups in total. The van der Waals surface area contributed by atoms with E-state index in [4.69, 9.17) is 0 Å². The number of rotatable bonds is 7. The van der Waals surface area contributed by atoms with E-state index in [1.807, 2.05) is 0 Å². The second-order valence-electron chi connectivity index (χ2n) is 6.72. The average Bonchev–Trinajstić information content (AvgIpc) is 2.69. The van der Waals surface area contributed by atoms with Crippen LogP contribution in [-0.4, -0.2) is 15.6 Å². The number of carbonyl (C=O) groups is 1. The van der Waals surface area contributed by atoms with Gasteiger partial charge in [0.15, 0.2) is 0 Å². The standard InChI is InChI=1S/C22H23FN2O3/c1-2-3-4-7-14-25-18-9-6-5-8-17(18)20(26)19(22(25)28)21(27)24-16-12-10-15(23)11-13-16/h5-6,8-13,26H,2-4,7,14H2,1H3,(H,24,27). The van der Waals surface area contributed by atoms with Crippen molar-refractivity contribution in [2.24, 2.45) is 0 Å². The first-order valence-electron chi connectivity index (χ1n) is 9.44. The lowest BCUT2D eigenvalue weighted by atomic mass is 10.1. The smallest absolute Gasteiger partial charge is 0.267 e. The molecule has 146 valence electrons. The van der Waals surface area contributed by atoms with Crippen LogP contribution < -0.4 is 10.9 Å². The molecular formula is C22H23FN2O3. The second kappa shape index (κ2) is 8.69. The van der Waals surface area contributed by atoms with Crippen LogP contribution in [0.4, 0.5) is 10.1 Å². The maximum atomic E-state index is 13.1. The Morgan fingerprint density at radius 3 is 2.50 bits per heavy atom. The monoisotopic (exact) mass is 382 g/mol. The summed E-state index contributed by atoms with van der Waals surface area (Å²) in [5.41, 5.74) is 0.0958. The van der Waals surface area contributed by atoms with Crippen LogP contribution in [0.3, 0.4) is 0 Å². The van der Waals surface area contributed by atoms with E-state index in [2.05, 4.69) is 12.2 Å². The van der Waals surface area contributed by atoms with Crippen LogP contribution in [0, 0.1) is 5.82 Å². The van der Waals surface area contributed by atoms with Gasteiger partial charge in [0.25, 0.3) is 11.5 Å². The summed E-state index contributed by atoms with van der Waals surface area (Å²) in [6, 6.07) is 12.2. The van der Waals surface area contributed by atoms with Gasteiger partial charge in [-0.15, -0.1) is 0 Å². The highest BCUT2D eigenvalue weighted by atomic mass is 19.1. The predicted molar refractivity (Wildman–Crippen MR) is 108 cm³/mol. The molecule has 5 nitrogen and oxygen atoms in total. The lowest BCUT2D eigenvalue weighted by Gasteiger charge is -2.15. The average molecular weight is 382 g/mol. The van der Waals surface area contributed by atoms with Crippen molar-refractivity contribution in [1.29, 1.82) is 0 Å². The van der Waals surface area contributed by atoms with Crippen LogP contribution >= 0.6 is 0 Å². The van der Waals surface area contributed by atoms with E-state index >= 15 is 0 Å². The van der Waals surface area contributed by atoms with E-state index in [1.54, 1.807) is 28.8 Å². The van der Waals surface area contributed by atoms with Gasteiger partial charge in [0.1, 0.15) is 17.1 Å². The van der Waals surface area contributed by atoms with Crippen LogP contribution in [0.25, 0.3) is 10.9 Å². The number of anilines is 1. The van der Waals surface area contributed by atoms with Crippen LogP contribution in [0.5, 0.6) is 5.75 Å². The zero-order chi connectivity index (χ0) is 20.1. The number of para-hydroxylation sites is 1. The highest BCUT2D eigenvalue weighted by Gasteiger charge is 2.22. The van der Waals surface area contributed by atoms with Crippen LogP contribution in [0.15, 0.2) is 53.3 Å². The molecule has 3 aromatic rings. The van der Waals surface area contributed by atoms with E-state index in [0.717, 1.165) is 25.7 Å². The number of pyridine rings is 1. The SMILES string of the molecule is CCCCCCn1c(=O)c(C(=O)Nc2ccc(F)cc2)c(O)c2ccccc21. The number of nitrogens with zero attached hydrogens (tertiary/aromatic N) is 1. The zero-order valence-corrected chi connectivity index (χ0v) is 15.7. The summed E-state index contributed by atoms with van der Waals surface area (Å²) in [6.45, 7) is 2.58. The molecule has 2 aromatic carbocycles. The first-order chi connectivity index (χ1) is 13.5. The molecule has 0 bridgehead atoms. The minimum Gasteiger partial charge on any atom is -0.506 e. The van der Waals surface area contributed by atoms with Gasteiger partial charge in [-0.1, -0.05) is 38.3 Å². The van der Waals surface area contributed by atoms with Crippen molar-refractivity contribution in [1.82, 2.24) is 4.57 Å². The summed E-state index contributed by atoms with van der Waals surface area (Å²) in [7, 11) is 0. The molecule has 0 aliphatic rings. The molecule has 0 unspecified atom stereocenters. The normalized spacial score (nSPS) is 10.9. The van der Waals surface area contributed by atoms with Crippen LogP contribution in [0.1, 0.15) is 43.0 Å². The van der Waals surface area contributed by atoms with E-state index in [-0.39, 0.29) is 11.3 Å².